The molecule has 0 fully saturated rings. The molecular formula is C15H27NS. The molecule has 98 valence electrons. The van der Waals surface area contributed by atoms with E-state index in [0.717, 1.165) is 6.54 Å². The highest BCUT2D eigenvalue weighted by molar-refractivity contribution is 7.12. The highest BCUT2D eigenvalue weighted by Crippen LogP contribution is 2.34. The molecule has 0 aliphatic heterocycles. The molecule has 0 bridgehead atoms. The monoisotopic (exact) mass is 253 g/mol. The van der Waals surface area contributed by atoms with Crippen molar-refractivity contribution in [2.75, 3.05) is 6.54 Å². The molecule has 0 amide bonds. The molecule has 0 aromatic carbocycles. The fraction of sp³-hybridized carbons (Fsp3) is 0.733. The quantitative estimate of drug-likeness (QED) is 0.791. The second-order valence-electron chi connectivity index (χ2n) is 6.14. The lowest BCUT2D eigenvalue weighted by Crippen LogP contribution is -2.26. The summed E-state index contributed by atoms with van der Waals surface area (Å²) in [5.41, 5.74) is 1.88. The van der Waals surface area contributed by atoms with Crippen LogP contribution in [0.3, 0.4) is 0 Å². The lowest BCUT2D eigenvalue weighted by atomic mass is 9.85. The molecule has 1 unspecified atom stereocenters. The van der Waals surface area contributed by atoms with Crippen LogP contribution < -0.4 is 5.32 Å². The Morgan fingerprint density at radius 3 is 2.35 bits per heavy atom. The van der Waals surface area contributed by atoms with E-state index in [2.05, 4.69) is 52.9 Å². The van der Waals surface area contributed by atoms with Crippen LogP contribution in [0.2, 0.25) is 0 Å². The summed E-state index contributed by atoms with van der Waals surface area (Å²) >= 11 is 1.92. The third-order valence-corrected chi connectivity index (χ3v) is 3.89. The van der Waals surface area contributed by atoms with Crippen LogP contribution in [0.1, 0.15) is 61.9 Å². The van der Waals surface area contributed by atoms with Gasteiger partial charge in [0.1, 0.15) is 0 Å². The Morgan fingerprint density at radius 2 is 1.94 bits per heavy atom. The first kappa shape index (κ1) is 14.7. The van der Waals surface area contributed by atoms with E-state index in [0.29, 0.717) is 11.5 Å². The van der Waals surface area contributed by atoms with Gasteiger partial charge in [0.15, 0.2) is 0 Å². The summed E-state index contributed by atoms with van der Waals surface area (Å²) in [6.07, 6.45) is 2.40. The predicted octanol–water partition coefficient (Wildman–Crippen LogP) is 4.84. The van der Waals surface area contributed by atoms with Gasteiger partial charge >= 0.3 is 0 Å². The third-order valence-electron chi connectivity index (χ3n) is 2.91. The van der Waals surface area contributed by atoms with Gasteiger partial charge in [0.25, 0.3) is 0 Å². The molecular weight excluding hydrogens is 226 g/mol. The maximum Gasteiger partial charge on any atom is 0.0336 e. The molecule has 1 heterocycles. The third kappa shape index (κ3) is 4.81. The molecule has 0 radical (unpaired) electrons. The van der Waals surface area contributed by atoms with Crippen molar-refractivity contribution in [2.24, 2.45) is 5.41 Å². The van der Waals surface area contributed by atoms with E-state index >= 15 is 0 Å². The molecule has 0 spiro atoms. The summed E-state index contributed by atoms with van der Waals surface area (Å²) in [7, 11) is 0. The second kappa shape index (κ2) is 6.01. The van der Waals surface area contributed by atoms with Gasteiger partial charge in [0.2, 0.25) is 0 Å². The average Bonchev–Trinajstić information content (AvgIpc) is 2.50. The van der Waals surface area contributed by atoms with Crippen LogP contribution in [-0.2, 0) is 0 Å². The summed E-state index contributed by atoms with van der Waals surface area (Å²) < 4.78 is 0. The number of thiophene rings is 1. The second-order valence-corrected chi connectivity index (χ2v) is 7.60. The Bertz CT molecular complexity index is 346. The first-order valence-corrected chi connectivity index (χ1v) is 7.45. The normalized spacial score (nSPS) is 14.0. The largest absolute Gasteiger partial charge is 0.310 e. The van der Waals surface area contributed by atoms with Gasteiger partial charge in [-0.1, -0.05) is 27.7 Å². The molecule has 0 saturated heterocycles. The summed E-state index contributed by atoms with van der Waals surface area (Å²) in [5, 5.41) is 3.70. The van der Waals surface area contributed by atoms with E-state index < -0.39 is 0 Å². The van der Waals surface area contributed by atoms with E-state index in [1.807, 2.05) is 11.3 Å². The van der Waals surface area contributed by atoms with Crippen LogP contribution in [0.4, 0.5) is 0 Å². The molecule has 2 heteroatoms. The van der Waals surface area contributed by atoms with Crippen molar-refractivity contribution in [3.8, 4) is 0 Å². The molecule has 0 saturated carbocycles. The summed E-state index contributed by atoms with van der Waals surface area (Å²) in [5.74, 6) is 0. The zero-order valence-corrected chi connectivity index (χ0v) is 13.0. The maximum atomic E-state index is 3.70. The zero-order valence-electron chi connectivity index (χ0n) is 12.2. The topological polar surface area (TPSA) is 12.0 Å². The van der Waals surface area contributed by atoms with Crippen molar-refractivity contribution in [1.29, 1.82) is 0 Å². The van der Waals surface area contributed by atoms with Gasteiger partial charge in [0, 0.05) is 15.8 Å². The van der Waals surface area contributed by atoms with E-state index in [1.165, 1.54) is 28.2 Å². The molecule has 1 aromatic heterocycles. The predicted molar refractivity (Wildman–Crippen MR) is 78.9 cm³/mol. The number of aryl methyl sites for hydroxylation is 2. The molecule has 1 N–H and O–H groups in total. The Hall–Kier alpha value is -0.340. The fourth-order valence-electron chi connectivity index (χ4n) is 2.22. The number of hydrogen-bond acceptors (Lipinski definition) is 2. The van der Waals surface area contributed by atoms with Gasteiger partial charge in [-0.05, 0) is 50.3 Å². The minimum Gasteiger partial charge on any atom is -0.310 e. The van der Waals surface area contributed by atoms with Crippen LogP contribution in [-0.4, -0.2) is 6.54 Å². The molecule has 17 heavy (non-hydrogen) atoms. The summed E-state index contributed by atoms with van der Waals surface area (Å²) in [6, 6.07) is 2.87. The minimum absolute atomic E-state index is 0.369. The Balaban J connectivity index is 2.85. The van der Waals surface area contributed by atoms with Gasteiger partial charge in [-0.2, -0.15) is 0 Å². The van der Waals surface area contributed by atoms with E-state index in [1.54, 1.807) is 0 Å². The first-order chi connectivity index (χ1) is 7.83. The van der Waals surface area contributed by atoms with Crippen molar-refractivity contribution in [3.05, 3.63) is 21.4 Å². The van der Waals surface area contributed by atoms with Crippen molar-refractivity contribution < 1.29 is 0 Å². The number of hydrogen-bond donors (Lipinski definition) is 1. The van der Waals surface area contributed by atoms with Crippen LogP contribution in [0, 0.1) is 19.3 Å². The SMILES string of the molecule is CCCNC(CC(C)(C)C)c1cc(C)sc1C. The Morgan fingerprint density at radius 1 is 1.29 bits per heavy atom. The molecule has 1 atom stereocenters. The van der Waals surface area contributed by atoms with Crippen molar-refractivity contribution in [2.45, 2.75) is 60.4 Å². The summed E-state index contributed by atoms with van der Waals surface area (Å²) in [6.45, 7) is 14.7. The lowest BCUT2D eigenvalue weighted by Gasteiger charge is -2.27. The van der Waals surface area contributed by atoms with Crippen LogP contribution in [0.15, 0.2) is 6.07 Å². The molecule has 0 aliphatic rings. The number of nitrogens with one attached hydrogen (secondary N) is 1. The van der Waals surface area contributed by atoms with Crippen molar-refractivity contribution in [3.63, 3.8) is 0 Å². The Kier molecular flexibility index (Phi) is 5.21. The lowest BCUT2D eigenvalue weighted by molar-refractivity contribution is 0.311. The molecule has 1 rings (SSSR count). The van der Waals surface area contributed by atoms with Crippen LogP contribution in [0.5, 0.6) is 0 Å². The first-order valence-electron chi connectivity index (χ1n) is 6.64. The molecule has 0 aliphatic carbocycles. The highest BCUT2D eigenvalue weighted by Gasteiger charge is 2.21. The van der Waals surface area contributed by atoms with Crippen molar-refractivity contribution in [1.82, 2.24) is 5.32 Å². The minimum atomic E-state index is 0.369. The van der Waals surface area contributed by atoms with Crippen LogP contribution in [0.25, 0.3) is 0 Å². The molecule has 1 aromatic rings. The zero-order chi connectivity index (χ0) is 13.1. The highest BCUT2D eigenvalue weighted by atomic mass is 32.1. The average molecular weight is 253 g/mol. The standard InChI is InChI=1S/C15H27NS/c1-7-8-16-14(10-15(4,5)6)13-9-11(2)17-12(13)3/h9,14,16H,7-8,10H2,1-6H3. The molecule has 1 nitrogen and oxygen atoms in total. The van der Waals surface area contributed by atoms with Gasteiger partial charge in [0.05, 0.1) is 0 Å². The Labute approximate surface area is 111 Å². The van der Waals surface area contributed by atoms with Gasteiger partial charge in [-0.15, -0.1) is 11.3 Å². The maximum absolute atomic E-state index is 3.70. The van der Waals surface area contributed by atoms with Gasteiger partial charge < -0.3 is 5.32 Å². The summed E-state index contributed by atoms with van der Waals surface area (Å²) in [4.78, 5) is 2.90. The smallest absolute Gasteiger partial charge is 0.0336 e. The van der Waals surface area contributed by atoms with E-state index in [-0.39, 0.29) is 0 Å². The van der Waals surface area contributed by atoms with Gasteiger partial charge in [-0.3, -0.25) is 0 Å². The van der Waals surface area contributed by atoms with Crippen LogP contribution >= 0.6 is 11.3 Å². The van der Waals surface area contributed by atoms with E-state index in [4.69, 9.17) is 0 Å². The van der Waals surface area contributed by atoms with Crippen molar-refractivity contribution >= 4 is 11.3 Å². The fourth-order valence-corrected chi connectivity index (χ4v) is 3.21. The van der Waals surface area contributed by atoms with Gasteiger partial charge in [-0.25, -0.2) is 0 Å². The number of rotatable bonds is 5. The van der Waals surface area contributed by atoms with E-state index in [9.17, 15) is 0 Å².